The molecule has 3 N–H and O–H groups in total. The molecule has 23 heavy (non-hydrogen) atoms. The van der Waals surface area contributed by atoms with Gasteiger partial charge in [-0.05, 0) is 6.07 Å². The Morgan fingerprint density at radius 1 is 0.913 bits per heavy atom. The quantitative estimate of drug-likeness (QED) is 0.327. The van der Waals surface area contributed by atoms with Crippen molar-refractivity contribution >= 4 is 5.69 Å². The molecular weight excluding hydrogens is 292 g/mol. The van der Waals surface area contributed by atoms with Gasteiger partial charge < -0.3 is 14.7 Å². The molecule has 130 valence electrons. The second-order valence-corrected chi connectivity index (χ2v) is 6.93. The zero-order chi connectivity index (χ0) is 17.2. The molecule has 0 fully saturated rings. The first kappa shape index (κ1) is 19.5. The average molecular weight is 325 g/mol. The minimum atomic E-state index is -0.263. The minimum absolute atomic E-state index is 0.251. The van der Waals surface area contributed by atoms with Gasteiger partial charge in [-0.2, -0.15) is 0 Å². The van der Waals surface area contributed by atoms with E-state index in [0.717, 1.165) is 51.1 Å². The molecule has 0 unspecified atom stereocenters. The summed E-state index contributed by atoms with van der Waals surface area (Å²) in [5, 5.41) is 11.2. The van der Waals surface area contributed by atoms with Crippen LogP contribution in [-0.2, 0) is 6.54 Å². The number of nitrogens with zero attached hydrogens (tertiary/aromatic N) is 1. The molecule has 0 aromatic heterocycles. The van der Waals surface area contributed by atoms with Crippen LogP contribution in [0.4, 0.5) is 5.69 Å². The lowest BCUT2D eigenvalue weighted by Gasteiger charge is -2.20. The zero-order valence-corrected chi connectivity index (χ0v) is 15.0. The fourth-order valence-electron chi connectivity index (χ4n) is 2.79. The minimum Gasteiger partial charge on any atom is -0.340 e. The van der Waals surface area contributed by atoms with Crippen molar-refractivity contribution in [1.82, 2.24) is 0 Å². The molecule has 0 aliphatic carbocycles. The van der Waals surface area contributed by atoms with E-state index in [0.29, 0.717) is 0 Å². The van der Waals surface area contributed by atoms with Crippen molar-refractivity contribution in [1.29, 1.82) is 0 Å². The Labute approximate surface area is 139 Å². The van der Waals surface area contributed by atoms with Crippen molar-refractivity contribution in [3.8, 4) is 0 Å². The highest BCUT2D eigenvalue weighted by atomic mass is 16.6. The lowest BCUT2D eigenvalue weighted by molar-refractivity contribution is -0.925. The maximum absolute atomic E-state index is 11.2. The summed E-state index contributed by atoms with van der Waals surface area (Å²) in [6.45, 7) is 5.15. The Bertz CT molecular complexity index is 463. The smallest absolute Gasteiger partial charge is 0.278 e. The van der Waals surface area contributed by atoms with Gasteiger partial charge in [-0.1, -0.05) is 12.1 Å². The zero-order valence-electron chi connectivity index (χ0n) is 15.0. The Morgan fingerprint density at radius 3 is 1.91 bits per heavy atom. The number of nitro groups is 1. The molecule has 6 heteroatoms. The number of nitrogens with one attached hydrogen (secondary N) is 3. The highest BCUT2D eigenvalue weighted by Gasteiger charge is 2.18. The number of rotatable bonds is 11. The van der Waals surface area contributed by atoms with Crippen molar-refractivity contribution in [3.63, 3.8) is 0 Å². The lowest BCUT2D eigenvalue weighted by atomic mass is 10.1. The van der Waals surface area contributed by atoms with E-state index in [1.807, 2.05) is 12.1 Å². The monoisotopic (exact) mass is 325 g/mol. The Balaban J connectivity index is 2.68. The molecule has 0 bridgehead atoms. The van der Waals surface area contributed by atoms with Crippen LogP contribution in [0, 0.1) is 10.1 Å². The molecule has 0 heterocycles. The molecule has 1 aromatic rings. The van der Waals surface area contributed by atoms with E-state index in [-0.39, 0.29) is 10.6 Å². The average Bonchev–Trinajstić information content (AvgIpc) is 2.46. The number of para-hydroxylation sites is 1. The van der Waals surface area contributed by atoms with E-state index >= 15 is 0 Å². The van der Waals surface area contributed by atoms with Crippen molar-refractivity contribution in [3.05, 3.63) is 39.9 Å². The van der Waals surface area contributed by atoms with E-state index in [2.05, 4.69) is 28.2 Å². The second kappa shape index (κ2) is 10.3. The summed E-state index contributed by atoms with van der Waals surface area (Å²) in [6, 6.07) is 7.15. The lowest BCUT2D eigenvalue weighted by Crippen LogP contribution is -3.13. The third-order valence-electron chi connectivity index (χ3n) is 4.04. The third kappa shape index (κ3) is 8.06. The van der Waals surface area contributed by atoms with Gasteiger partial charge in [0, 0.05) is 18.9 Å². The van der Waals surface area contributed by atoms with Crippen LogP contribution in [0.25, 0.3) is 0 Å². The molecule has 0 atom stereocenters. The van der Waals surface area contributed by atoms with Gasteiger partial charge in [0.05, 0.1) is 64.9 Å². The van der Waals surface area contributed by atoms with Crippen LogP contribution >= 0.6 is 0 Å². The third-order valence-corrected chi connectivity index (χ3v) is 4.04. The maximum atomic E-state index is 11.2. The normalized spacial score (nSPS) is 11.6. The fourth-order valence-corrected chi connectivity index (χ4v) is 2.79. The van der Waals surface area contributed by atoms with E-state index < -0.39 is 0 Å². The van der Waals surface area contributed by atoms with Crippen LogP contribution in [0.5, 0.6) is 0 Å². The summed E-state index contributed by atoms with van der Waals surface area (Å²) in [7, 11) is 8.66. The van der Waals surface area contributed by atoms with Gasteiger partial charge >= 0.3 is 0 Å². The summed E-state index contributed by atoms with van der Waals surface area (Å²) < 4.78 is 0. The first-order valence-electron chi connectivity index (χ1n) is 8.54. The Kier molecular flexibility index (Phi) is 8.76. The summed E-state index contributed by atoms with van der Waals surface area (Å²) in [5.41, 5.74) is 1.10. The molecule has 0 aliphatic heterocycles. The predicted octanol–water partition coefficient (Wildman–Crippen LogP) is -1.95. The fraction of sp³-hybridized carbons (Fsp3) is 0.647. The van der Waals surface area contributed by atoms with E-state index in [9.17, 15) is 10.1 Å². The maximum Gasteiger partial charge on any atom is 0.278 e. The van der Waals surface area contributed by atoms with Crippen molar-refractivity contribution < 1.29 is 19.6 Å². The van der Waals surface area contributed by atoms with Crippen LogP contribution in [0.2, 0.25) is 0 Å². The predicted molar refractivity (Wildman–Crippen MR) is 92.1 cm³/mol. The van der Waals surface area contributed by atoms with Crippen LogP contribution in [0.3, 0.4) is 0 Å². The Hall–Kier alpha value is -1.50. The van der Waals surface area contributed by atoms with Gasteiger partial charge in [0.15, 0.2) is 0 Å². The van der Waals surface area contributed by atoms with Gasteiger partial charge in [-0.25, -0.2) is 0 Å². The van der Waals surface area contributed by atoms with Gasteiger partial charge in [-0.3, -0.25) is 10.1 Å². The summed E-state index contributed by atoms with van der Waals surface area (Å²) in [6.07, 6.45) is 2.29. The first-order valence-corrected chi connectivity index (χ1v) is 8.54. The van der Waals surface area contributed by atoms with Crippen LogP contribution in [0.15, 0.2) is 24.3 Å². The van der Waals surface area contributed by atoms with Crippen LogP contribution in [0.1, 0.15) is 18.4 Å². The van der Waals surface area contributed by atoms with Crippen LogP contribution in [-0.4, -0.2) is 59.3 Å². The SMILES string of the molecule is C[NH+](C)CCC[NH+](CCC[NH+](C)C)Cc1ccccc1[N+](=O)[O-]. The Morgan fingerprint density at radius 2 is 1.43 bits per heavy atom. The second-order valence-electron chi connectivity index (χ2n) is 6.93. The molecule has 0 saturated heterocycles. The summed E-state index contributed by atoms with van der Waals surface area (Å²) >= 11 is 0. The number of hydrogen-bond donors (Lipinski definition) is 3. The number of quaternary nitrogens is 3. The highest BCUT2D eigenvalue weighted by molar-refractivity contribution is 5.38. The highest BCUT2D eigenvalue weighted by Crippen LogP contribution is 2.16. The number of hydrogen-bond acceptors (Lipinski definition) is 2. The van der Waals surface area contributed by atoms with Crippen molar-refractivity contribution in [2.24, 2.45) is 0 Å². The molecule has 6 nitrogen and oxygen atoms in total. The van der Waals surface area contributed by atoms with Gasteiger partial charge in [0.2, 0.25) is 0 Å². The summed E-state index contributed by atoms with van der Waals surface area (Å²) in [4.78, 5) is 15.3. The van der Waals surface area contributed by atoms with E-state index in [1.165, 1.54) is 14.7 Å². The van der Waals surface area contributed by atoms with Crippen molar-refractivity contribution in [2.45, 2.75) is 19.4 Å². The molecular formula is C17H33N4O2+3. The molecule has 0 radical (unpaired) electrons. The topological polar surface area (TPSA) is 56.5 Å². The van der Waals surface area contributed by atoms with Crippen LogP contribution < -0.4 is 14.7 Å². The standard InChI is InChI=1S/C17H30N4O2/c1-18(2)11-7-13-20(14-8-12-19(3)4)15-16-9-5-6-10-17(16)21(22)23/h5-6,9-10H,7-8,11-15H2,1-4H3/p+3. The van der Waals surface area contributed by atoms with Gasteiger partial charge in [-0.15, -0.1) is 0 Å². The molecule has 0 saturated carbocycles. The molecule has 0 amide bonds. The largest absolute Gasteiger partial charge is 0.340 e. The number of benzene rings is 1. The molecule has 1 rings (SSSR count). The van der Waals surface area contributed by atoms with Gasteiger partial charge in [0.1, 0.15) is 6.54 Å². The van der Waals surface area contributed by atoms with E-state index in [4.69, 9.17) is 0 Å². The van der Waals surface area contributed by atoms with E-state index in [1.54, 1.807) is 12.1 Å². The molecule has 1 aromatic carbocycles. The molecule has 0 spiro atoms. The molecule has 0 aliphatic rings. The first-order chi connectivity index (χ1) is 10.9. The van der Waals surface area contributed by atoms with Gasteiger partial charge in [0.25, 0.3) is 5.69 Å². The number of nitro benzene ring substituents is 1. The van der Waals surface area contributed by atoms with Crippen molar-refractivity contribution in [2.75, 3.05) is 54.4 Å². The summed E-state index contributed by atoms with van der Waals surface area (Å²) in [5.74, 6) is 0.